The molecule has 0 atom stereocenters. The molecule has 4 rings (SSSR count). The third-order valence-electron chi connectivity index (χ3n) is 4.50. The summed E-state index contributed by atoms with van der Waals surface area (Å²) in [5.41, 5.74) is 2.69. The van der Waals surface area contributed by atoms with E-state index in [1.807, 2.05) is 37.3 Å². The molecule has 2 N–H and O–H groups in total. The largest absolute Gasteiger partial charge is 0.467 e. The van der Waals surface area contributed by atoms with Crippen LogP contribution in [0.4, 0.5) is 0 Å². The Kier molecular flexibility index (Phi) is 6.10. The number of benzene rings is 1. The van der Waals surface area contributed by atoms with Crippen molar-refractivity contribution in [2.24, 2.45) is 0 Å². The first-order valence-electron chi connectivity index (χ1n) is 9.26. The zero-order valence-corrected chi connectivity index (χ0v) is 18.5. The maximum atomic E-state index is 13.0. The van der Waals surface area contributed by atoms with Gasteiger partial charge in [-0.05, 0) is 36.8 Å². The molecule has 0 bridgehead atoms. The molecule has 4 aromatic rings. The highest BCUT2D eigenvalue weighted by molar-refractivity contribution is 9.10. The van der Waals surface area contributed by atoms with Gasteiger partial charge in [-0.15, -0.1) is 0 Å². The van der Waals surface area contributed by atoms with Crippen molar-refractivity contribution in [3.63, 3.8) is 0 Å². The summed E-state index contributed by atoms with van der Waals surface area (Å²) in [7, 11) is 0. The van der Waals surface area contributed by atoms with Gasteiger partial charge in [-0.1, -0.05) is 45.9 Å². The topological polar surface area (TPSA) is 92.9 Å². The monoisotopic (exact) mass is 486 g/mol. The molecule has 0 spiro atoms. The maximum absolute atomic E-state index is 13.0. The van der Waals surface area contributed by atoms with E-state index in [9.17, 15) is 9.59 Å². The zero-order chi connectivity index (χ0) is 21.1. The second kappa shape index (κ2) is 8.93. The van der Waals surface area contributed by atoms with Gasteiger partial charge in [0.2, 0.25) is 5.91 Å². The number of hydrogen-bond donors (Lipinski definition) is 2. The number of hydrogen-bond acceptors (Lipinski definition) is 5. The minimum absolute atomic E-state index is 0.139. The van der Waals surface area contributed by atoms with E-state index in [2.05, 4.69) is 31.2 Å². The number of nitrogens with zero attached hydrogens (tertiary/aromatic N) is 2. The van der Waals surface area contributed by atoms with Crippen molar-refractivity contribution in [2.75, 3.05) is 5.75 Å². The lowest BCUT2D eigenvalue weighted by Crippen LogP contribution is -2.27. The Morgan fingerprint density at radius 1 is 1.30 bits per heavy atom. The van der Waals surface area contributed by atoms with Crippen molar-refractivity contribution >= 4 is 44.6 Å². The average molecular weight is 487 g/mol. The minimum atomic E-state index is -0.194. The van der Waals surface area contributed by atoms with E-state index in [0.29, 0.717) is 28.5 Å². The van der Waals surface area contributed by atoms with E-state index >= 15 is 0 Å². The average Bonchev–Trinajstić information content (AvgIpc) is 3.37. The normalized spacial score (nSPS) is 11.1. The summed E-state index contributed by atoms with van der Waals surface area (Å²) in [6.45, 7) is 2.54. The minimum Gasteiger partial charge on any atom is -0.467 e. The molecule has 0 aliphatic rings. The highest BCUT2D eigenvalue weighted by atomic mass is 79.9. The summed E-state index contributed by atoms with van der Waals surface area (Å²) in [5.74, 6) is 0.644. The van der Waals surface area contributed by atoms with Gasteiger partial charge >= 0.3 is 0 Å². The predicted octanol–water partition coefficient (Wildman–Crippen LogP) is 3.85. The number of fused-ring (bicyclic) bond motifs is 1. The predicted molar refractivity (Wildman–Crippen MR) is 120 cm³/mol. The van der Waals surface area contributed by atoms with Crippen LogP contribution in [0.2, 0.25) is 0 Å². The van der Waals surface area contributed by atoms with Crippen LogP contribution in [0.25, 0.3) is 11.0 Å². The molecular formula is C21H19BrN4O3S. The summed E-state index contributed by atoms with van der Waals surface area (Å²) < 4.78 is 7.87. The number of thioether (sulfide) groups is 1. The van der Waals surface area contributed by atoms with Crippen LogP contribution in [-0.2, 0) is 17.9 Å². The lowest BCUT2D eigenvalue weighted by Gasteiger charge is -2.11. The fraction of sp³-hybridized carbons (Fsp3) is 0.190. The van der Waals surface area contributed by atoms with Gasteiger partial charge in [-0.3, -0.25) is 14.2 Å². The smallest absolute Gasteiger partial charge is 0.278 e. The number of furan rings is 1. The number of rotatable bonds is 7. The number of carbonyl (C=O) groups is 1. The highest BCUT2D eigenvalue weighted by Crippen LogP contribution is 2.20. The van der Waals surface area contributed by atoms with Gasteiger partial charge < -0.3 is 14.7 Å². The molecule has 1 aromatic carbocycles. The van der Waals surface area contributed by atoms with Crippen LogP contribution in [0.3, 0.4) is 0 Å². The van der Waals surface area contributed by atoms with E-state index in [4.69, 9.17) is 4.42 Å². The Hall–Kier alpha value is -2.78. The van der Waals surface area contributed by atoms with Gasteiger partial charge in [0.1, 0.15) is 11.3 Å². The first-order valence-corrected chi connectivity index (χ1v) is 11.0. The Morgan fingerprint density at radius 2 is 2.13 bits per heavy atom. The first kappa shape index (κ1) is 20.5. The SMILES string of the molecule is Cc1cc2nc(SCC(=O)NCc3ccccc3Br)n(Cc3ccco3)c(=O)c2[nH]1. The van der Waals surface area contributed by atoms with Gasteiger partial charge in [0.25, 0.3) is 5.56 Å². The van der Waals surface area contributed by atoms with Crippen molar-refractivity contribution in [1.82, 2.24) is 19.9 Å². The molecule has 3 aromatic heterocycles. The second-order valence-corrected chi connectivity index (χ2v) is 8.53. The Labute approximate surface area is 185 Å². The molecular weight excluding hydrogens is 468 g/mol. The number of aromatic nitrogens is 3. The fourth-order valence-electron chi connectivity index (χ4n) is 3.04. The van der Waals surface area contributed by atoms with Crippen molar-refractivity contribution in [2.45, 2.75) is 25.2 Å². The van der Waals surface area contributed by atoms with Crippen LogP contribution < -0.4 is 10.9 Å². The lowest BCUT2D eigenvalue weighted by atomic mass is 10.2. The molecule has 0 radical (unpaired) electrons. The molecule has 9 heteroatoms. The van der Waals surface area contributed by atoms with Crippen LogP contribution in [0.1, 0.15) is 17.0 Å². The summed E-state index contributed by atoms with van der Waals surface area (Å²) in [6, 6.07) is 13.1. The molecule has 7 nitrogen and oxygen atoms in total. The van der Waals surface area contributed by atoms with E-state index in [-0.39, 0.29) is 23.8 Å². The van der Waals surface area contributed by atoms with Crippen LogP contribution in [0.15, 0.2) is 67.6 Å². The van der Waals surface area contributed by atoms with E-state index < -0.39 is 0 Å². The van der Waals surface area contributed by atoms with Crippen molar-refractivity contribution in [3.05, 3.63) is 80.6 Å². The molecule has 0 aliphatic heterocycles. The van der Waals surface area contributed by atoms with Crippen LogP contribution in [0.5, 0.6) is 0 Å². The van der Waals surface area contributed by atoms with Gasteiger partial charge in [-0.2, -0.15) is 0 Å². The lowest BCUT2D eigenvalue weighted by molar-refractivity contribution is -0.118. The van der Waals surface area contributed by atoms with E-state index in [1.54, 1.807) is 18.4 Å². The fourth-order valence-corrected chi connectivity index (χ4v) is 4.29. The van der Waals surface area contributed by atoms with E-state index in [0.717, 1.165) is 15.7 Å². The Balaban J connectivity index is 1.53. The number of aryl methyl sites for hydroxylation is 1. The number of nitrogens with one attached hydrogen (secondary N) is 2. The summed E-state index contributed by atoms with van der Waals surface area (Å²) in [5, 5.41) is 3.37. The molecule has 0 unspecified atom stereocenters. The summed E-state index contributed by atoms with van der Waals surface area (Å²) >= 11 is 4.70. The Bertz CT molecular complexity index is 1250. The molecule has 30 heavy (non-hydrogen) atoms. The molecule has 0 aliphatic carbocycles. The van der Waals surface area contributed by atoms with Crippen LogP contribution in [-0.4, -0.2) is 26.2 Å². The third-order valence-corrected chi connectivity index (χ3v) is 6.25. The zero-order valence-electron chi connectivity index (χ0n) is 16.1. The van der Waals surface area contributed by atoms with Crippen molar-refractivity contribution in [3.8, 4) is 0 Å². The number of aromatic amines is 1. The number of carbonyl (C=O) groups excluding carboxylic acids is 1. The van der Waals surface area contributed by atoms with Crippen molar-refractivity contribution < 1.29 is 9.21 Å². The summed E-state index contributed by atoms with van der Waals surface area (Å²) in [4.78, 5) is 33.1. The van der Waals surface area contributed by atoms with Gasteiger partial charge in [-0.25, -0.2) is 4.98 Å². The number of halogens is 1. The molecule has 0 fully saturated rings. The second-order valence-electron chi connectivity index (χ2n) is 6.73. The first-order chi connectivity index (χ1) is 14.5. The summed E-state index contributed by atoms with van der Waals surface area (Å²) in [6.07, 6.45) is 1.56. The molecule has 1 amide bonds. The van der Waals surface area contributed by atoms with Crippen LogP contribution in [0, 0.1) is 6.92 Å². The quantitative estimate of drug-likeness (QED) is 0.305. The van der Waals surface area contributed by atoms with Gasteiger partial charge in [0.05, 0.1) is 24.1 Å². The Morgan fingerprint density at radius 3 is 2.90 bits per heavy atom. The van der Waals surface area contributed by atoms with Gasteiger partial charge in [0.15, 0.2) is 5.16 Å². The van der Waals surface area contributed by atoms with Gasteiger partial charge in [0, 0.05) is 16.7 Å². The molecule has 0 saturated heterocycles. The highest BCUT2D eigenvalue weighted by Gasteiger charge is 2.16. The third kappa shape index (κ3) is 4.52. The number of amides is 1. The molecule has 3 heterocycles. The standard InChI is InChI=1S/C21H19BrN4O3S/c1-13-9-17-19(24-13)20(28)26(11-15-6-4-8-29-15)21(25-17)30-12-18(27)23-10-14-5-2-3-7-16(14)22/h2-9,24H,10-12H2,1H3,(H,23,27). The number of H-pyrrole nitrogens is 1. The van der Waals surface area contributed by atoms with Crippen molar-refractivity contribution in [1.29, 1.82) is 0 Å². The maximum Gasteiger partial charge on any atom is 0.278 e. The van der Waals surface area contributed by atoms with Crippen LogP contribution >= 0.6 is 27.7 Å². The molecule has 0 saturated carbocycles. The van der Waals surface area contributed by atoms with E-state index in [1.165, 1.54) is 16.3 Å². The molecule has 154 valence electrons.